The molecule has 4 rings (SSSR count). The molecular weight excluding hydrogens is 256 g/mol. The average Bonchev–Trinajstić information content (AvgIpc) is 3.13. The number of hydrogen-bond acceptors (Lipinski definition) is 4. The molecule has 3 aromatic rings. The fraction of sp³-hybridized carbons (Fsp3) is 0.133. The van der Waals surface area contributed by atoms with Crippen LogP contribution in [0.2, 0.25) is 0 Å². The first kappa shape index (κ1) is 11.2. The Morgan fingerprint density at radius 3 is 2.85 bits per heavy atom. The van der Waals surface area contributed by atoms with Crippen LogP contribution in [0.3, 0.4) is 0 Å². The first-order chi connectivity index (χ1) is 9.86. The average molecular weight is 268 g/mol. The van der Waals surface area contributed by atoms with Crippen LogP contribution in [0.15, 0.2) is 36.5 Å². The van der Waals surface area contributed by atoms with Gasteiger partial charge in [-0.25, -0.2) is 0 Å². The number of methoxy groups -OCH3 is 1. The molecule has 1 aliphatic heterocycles. The van der Waals surface area contributed by atoms with Gasteiger partial charge in [0.25, 0.3) is 0 Å². The van der Waals surface area contributed by atoms with Crippen molar-refractivity contribution in [3.63, 3.8) is 0 Å². The highest BCUT2D eigenvalue weighted by molar-refractivity contribution is 5.96. The number of benzene rings is 2. The van der Waals surface area contributed by atoms with Crippen molar-refractivity contribution in [2.45, 2.75) is 0 Å². The Morgan fingerprint density at radius 2 is 2.00 bits per heavy atom. The molecule has 1 N–H and O–H groups in total. The van der Waals surface area contributed by atoms with E-state index in [4.69, 9.17) is 14.2 Å². The molecule has 5 nitrogen and oxygen atoms in total. The summed E-state index contributed by atoms with van der Waals surface area (Å²) in [5, 5.41) is 8.11. The number of nitrogens with zero attached hydrogens (tertiary/aromatic N) is 1. The molecule has 0 radical (unpaired) electrons. The molecule has 20 heavy (non-hydrogen) atoms. The van der Waals surface area contributed by atoms with Crippen molar-refractivity contribution >= 4 is 10.9 Å². The number of rotatable bonds is 2. The molecule has 2 aromatic carbocycles. The molecule has 2 heterocycles. The predicted molar refractivity (Wildman–Crippen MR) is 74.2 cm³/mol. The van der Waals surface area contributed by atoms with Gasteiger partial charge in [-0.05, 0) is 17.7 Å². The summed E-state index contributed by atoms with van der Waals surface area (Å²) in [5.74, 6) is 2.20. The first-order valence-electron chi connectivity index (χ1n) is 6.27. The van der Waals surface area contributed by atoms with Crippen LogP contribution in [0.4, 0.5) is 0 Å². The second kappa shape index (κ2) is 4.16. The largest absolute Gasteiger partial charge is 0.496 e. The molecule has 0 atom stereocenters. The number of aromatic amines is 1. The van der Waals surface area contributed by atoms with Crippen LogP contribution in [-0.2, 0) is 0 Å². The van der Waals surface area contributed by atoms with E-state index in [1.54, 1.807) is 7.11 Å². The van der Waals surface area contributed by atoms with Crippen molar-refractivity contribution < 1.29 is 14.2 Å². The lowest BCUT2D eigenvalue weighted by atomic mass is 10.0. The zero-order valence-corrected chi connectivity index (χ0v) is 10.8. The van der Waals surface area contributed by atoms with Crippen molar-refractivity contribution in [2.75, 3.05) is 13.9 Å². The Morgan fingerprint density at radius 1 is 1.15 bits per heavy atom. The number of aromatic nitrogens is 2. The summed E-state index contributed by atoms with van der Waals surface area (Å²) >= 11 is 0. The van der Waals surface area contributed by atoms with Crippen LogP contribution in [0.1, 0.15) is 0 Å². The molecule has 0 unspecified atom stereocenters. The minimum Gasteiger partial charge on any atom is -0.496 e. The molecule has 0 amide bonds. The summed E-state index contributed by atoms with van der Waals surface area (Å²) < 4.78 is 16.3. The van der Waals surface area contributed by atoms with Crippen molar-refractivity contribution in [1.29, 1.82) is 0 Å². The van der Waals surface area contributed by atoms with Gasteiger partial charge in [-0.15, -0.1) is 0 Å². The highest BCUT2D eigenvalue weighted by Crippen LogP contribution is 2.43. The molecule has 0 spiro atoms. The van der Waals surface area contributed by atoms with Crippen molar-refractivity contribution in [2.24, 2.45) is 0 Å². The van der Waals surface area contributed by atoms with Crippen LogP contribution < -0.4 is 14.2 Å². The summed E-state index contributed by atoms with van der Waals surface area (Å²) in [4.78, 5) is 0. The third kappa shape index (κ3) is 1.53. The van der Waals surface area contributed by atoms with Gasteiger partial charge in [0.1, 0.15) is 5.75 Å². The van der Waals surface area contributed by atoms with Gasteiger partial charge < -0.3 is 14.2 Å². The molecular formula is C15H12N2O3. The second-order valence-corrected chi connectivity index (χ2v) is 4.54. The Hall–Kier alpha value is -2.69. The summed E-state index contributed by atoms with van der Waals surface area (Å²) in [5.41, 5.74) is 3.00. The maximum atomic E-state index is 5.48. The van der Waals surface area contributed by atoms with E-state index in [-0.39, 0.29) is 6.79 Å². The van der Waals surface area contributed by atoms with E-state index < -0.39 is 0 Å². The van der Waals surface area contributed by atoms with Gasteiger partial charge in [-0.3, -0.25) is 5.10 Å². The highest BCUT2D eigenvalue weighted by Gasteiger charge is 2.19. The minimum absolute atomic E-state index is 0.248. The second-order valence-electron chi connectivity index (χ2n) is 4.54. The van der Waals surface area contributed by atoms with Crippen molar-refractivity contribution in [3.05, 3.63) is 36.5 Å². The summed E-state index contributed by atoms with van der Waals surface area (Å²) in [6.45, 7) is 0.248. The third-order valence-corrected chi connectivity index (χ3v) is 3.47. The number of fused-ring (bicyclic) bond motifs is 2. The van der Waals surface area contributed by atoms with Crippen molar-refractivity contribution in [1.82, 2.24) is 10.2 Å². The topological polar surface area (TPSA) is 56.4 Å². The van der Waals surface area contributed by atoms with Crippen LogP contribution in [0, 0.1) is 0 Å². The fourth-order valence-corrected chi connectivity index (χ4v) is 2.51. The standard InChI is InChI=1S/C15H12N2O3/c1-18-13-6-15-14(19-8-20-15)5-10(13)9-3-2-4-12-11(9)7-16-17-12/h2-7H,8H2,1H3,(H,16,17). The van der Waals surface area contributed by atoms with Crippen molar-refractivity contribution in [3.8, 4) is 28.4 Å². The Kier molecular flexibility index (Phi) is 2.32. The first-order valence-corrected chi connectivity index (χ1v) is 6.27. The summed E-state index contributed by atoms with van der Waals surface area (Å²) in [7, 11) is 1.65. The van der Waals surface area contributed by atoms with Gasteiger partial charge in [0.05, 0.1) is 18.8 Å². The zero-order valence-electron chi connectivity index (χ0n) is 10.8. The van der Waals surface area contributed by atoms with Crippen LogP contribution in [0.25, 0.3) is 22.0 Å². The monoisotopic (exact) mass is 268 g/mol. The third-order valence-electron chi connectivity index (χ3n) is 3.47. The van der Waals surface area contributed by atoms with Gasteiger partial charge in [-0.1, -0.05) is 12.1 Å². The Balaban J connectivity index is 2.00. The molecule has 100 valence electrons. The Labute approximate surface area is 115 Å². The zero-order chi connectivity index (χ0) is 13.5. The number of H-pyrrole nitrogens is 1. The fourth-order valence-electron chi connectivity index (χ4n) is 2.51. The van der Waals surface area contributed by atoms with Gasteiger partial charge in [-0.2, -0.15) is 5.10 Å². The molecule has 0 bridgehead atoms. The number of nitrogens with one attached hydrogen (secondary N) is 1. The van der Waals surface area contributed by atoms with Crippen LogP contribution in [-0.4, -0.2) is 24.1 Å². The smallest absolute Gasteiger partial charge is 0.231 e. The van der Waals surface area contributed by atoms with E-state index in [2.05, 4.69) is 10.2 Å². The maximum absolute atomic E-state index is 5.48. The van der Waals surface area contributed by atoms with Crippen LogP contribution >= 0.6 is 0 Å². The van der Waals surface area contributed by atoms with Gasteiger partial charge in [0.15, 0.2) is 11.5 Å². The molecule has 0 saturated heterocycles. The number of hydrogen-bond donors (Lipinski definition) is 1. The lowest BCUT2D eigenvalue weighted by Gasteiger charge is -2.10. The lowest BCUT2D eigenvalue weighted by molar-refractivity contribution is 0.174. The van der Waals surface area contributed by atoms with E-state index in [0.717, 1.165) is 33.5 Å². The van der Waals surface area contributed by atoms with Gasteiger partial charge in [0, 0.05) is 17.0 Å². The molecule has 5 heteroatoms. The number of ether oxygens (including phenoxy) is 3. The molecule has 0 fully saturated rings. The van der Waals surface area contributed by atoms with E-state index >= 15 is 0 Å². The summed E-state index contributed by atoms with van der Waals surface area (Å²) in [6, 6.07) is 9.82. The van der Waals surface area contributed by atoms with Crippen LogP contribution in [0.5, 0.6) is 17.2 Å². The molecule has 0 aliphatic carbocycles. The normalized spacial score (nSPS) is 12.8. The molecule has 1 aliphatic rings. The summed E-state index contributed by atoms with van der Waals surface area (Å²) in [6.07, 6.45) is 1.81. The minimum atomic E-state index is 0.248. The molecule has 1 aromatic heterocycles. The van der Waals surface area contributed by atoms with E-state index in [1.807, 2.05) is 36.5 Å². The van der Waals surface area contributed by atoms with E-state index in [1.165, 1.54) is 0 Å². The van der Waals surface area contributed by atoms with Gasteiger partial charge in [0.2, 0.25) is 6.79 Å². The molecule has 0 saturated carbocycles. The van der Waals surface area contributed by atoms with E-state index in [9.17, 15) is 0 Å². The lowest BCUT2D eigenvalue weighted by Crippen LogP contribution is -1.92. The van der Waals surface area contributed by atoms with E-state index in [0.29, 0.717) is 5.75 Å². The quantitative estimate of drug-likeness (QED) is 0.776. The van der Waals surface area contributed by atoms with Gasteiger partial charge >= 0.3 is 0 Å². The predicted octanol–water partition coefficient (Wildman–Crippen LogP) is 2.97. The highest BCUT2D eigenvalue weighted by atomic mass is 16.7. The Bertz CT molecular complexity index is 795. The SMILES string of the molecule is COc1cc2c(cc1-c1cccc3[nH]ncc13)OCO2. The maximum Gasteiger partial charge on any atom is 0.231 e.